The Morgan fingerprint density at radius 3 is 2.86 bits per heavy atom. The van der Waals surface area contributed by atoms with Crippen molar-refractivity contribution < 1.29 is 14.4 Å². The highest BCUT2D eigenvalue weighted by molar-refractivity contribution is 14.1. The number of halogens is 1. The molecule has 1 aromatic heterocycles. The lowest BCUT2D eigenvalue weighted by molar-refractivity contribution is 0.414. The third-order valence-corrected chi connectivity index (χ3v) is 3.61. The quantitative estimate of drug-likeness (QED) is 0.686. The zero-order chi connectivity index (χ0) is 14.8. The van der Waals surface area contributed by atoms with Crippen LogP contribution in [-0.4, -0.2) is 22.4 Å². The van der Waals surface area contributed by atoms with Gasteiger partial charge in [0, 0.05) is 9.13 Å². The first kappa shape index (κ1) is 13.9. The zero-order valence-corrected chi connectivity index (χ0v) is 13.2. The van der Waals surface area contributed by atoms with Crippen LogP contribution in [0.4, 0.5) is 0 Å². The highest BCUT2D eigenvalue weighted by Crippen LogP contribution is 2.31. The monoisotopic (exact) mass is 394 g/mol. The van der Waals surface area contributed by atoms with Crippen molar-refractivity contribution in [3.05, 3.63) is 46.0 Å². The smallest absolute Gasteiger partial charge is 0.262 e. The zero-order valence-electron chi connectivity index (χ0n) is 11.1. The largest absolute Gasteiger partial charge is 0.507 e. The summed E-state index contributed by atoms with van der Waals surface area (Å²) in [5.74, 6) is 1.55. The van der Waals surface area contributed by atoms with Gasteiger partial charge in [-0.3, -0.25) is 0 Å². The number of ether oxygens (including phenoxy) is 1. The van der Waals surface area contributed by atoms with Gasteiger partial charge in [0.05, 0.1) is 12.7 Å². The van der Waals surface area contributed by atoms with Crippen molar-refractivity contribution in [1.29, 1.82) is 0 Å². The number of aromatic hydroxyl groups is 1. The summed E-state index contributed by atoms with van der Waals surface area (Å²) in [6.45, 7) is 0. The highest BCUT2D eigenvalue weighted by atomic mass is 127. The predicted octanol–water partition coefficient (Wildman–Crippen LogP) is 3.72. The topological polar surface area (TPSA) is 68.4 Å². The Balaban J connectivity index is 2.01. The van der Waals surface area contributed by atoms with Crippen LogP contribution < -0.4 is 4.74 Å². The number of methoxy groups -OCH3 is 1. The van der Waals surface area contributed by atoms with Crippen molar-refractivity contribution in [1.82, 2.24) is 10.1 Å². The molecule has 0 amide bonds. The minimum atomic E-state index is 0.108. The van der Waals surface area contributed by atoms with E-state index in [-0.39, 0.29) is 11.6 Å². The van der Waals surface area contributed by atoms with Crippen LogP contribution in [0.2, 0.25) is 0 Å². The lowest BCUT2D eigenvalue weighted by Crippen LogP contribution is -1.85. The molecule has 0 atom stereocenters. The second kappa shape index (κ2) is 5.72. The molecular formula is C15H11IN2O3. The molecule has 0 unspecified atom stereocenters. The standard InChI is InChI=1S/C15H11IN2O3/c1-20-11-4-2-3-9(7-11)14-17-15(21-18-14)12-8-10(16)5-6-13(12)19/h2-8,19H,1H3. The van der Waals surface area contributed by atoms with Gasteiger partial charge in [0.2, 0.25) is 5.82 Å². The Labute approximate surface area is 134 Å². The minimum Gasteiger partial charge on any atom is -0.507 e. The Kier molecular flexibility index (Phi) is 3.78. The second-order valence-corrected chi connectivity index (χ2v) is 5.56. The lowest BCUT2D eigenvalue weighted by atomic mass is 10.2. The van der Waals surface area contributed by atoms with Gasteiger partial charge >= 0.3 is 0 Å². The van der Waals surface area contributed by atoms with E-state index in [4.69, 9.17) is 9.26 Å². The fraction of sp³-hybridized carbons (Fsp3) is 0.0667. The first-order chi connectivity index (χ1) is 10.2. The molecule has 1 heterocycles. The van der Waals surface area contributed by atoms with Gasteiger partial charge in [-0.15, -0.1) is 0 Å². The Morgan fingerprint density at radius 2 is 2.05 bits per heavy atom. The molecule has 6 heteroatoms. The second-order valence-electron chi connectivity index (χ2n) is 4.32. The predicted molar refractivity (Wildman–Crippen MR) is 86.1 cm³/mol. The van der Waals surface area contributed by atoms with Gasteiger partial charge in [0.15, 0.2) is 0 Å². The number of rotatable bonds is 3. The van der Waals surface area contributed by atoms with E-state index in [1.54, 1.807) is 25.3 Å². The molecule has 2 aromatic carbocycles. The Morgan fingerprint density at radius 1 is 1.19 bits per heavy atom. The maximum absolute atomic E-state index is 9.90. The molecule has 3 rings (SSSR count). The number of phenolic OH excluding ortho intramolecular Hbond substituents is 1. The van der Waals surface area contributed by atoms with Crippen molar-refractivity contribution in [3.8, 4) is 34.3 Å². The van der Waals surface area contributed by atoms with Crippen molar-refractivity contribution in [2.75, 3.05) is 7.11 Å². The normalized spacial score (nSPS) is 10.6. The van der Waals surface area contributed by atoms with E-state index in [9.17, 15) is 5.11 Å². The van der Waals surface area contributed by atoms with E-state index >= 15 is 0 Å². The van der Waals surface area contributed by atoms with Crippen LogP contribution in [0.3, 0.4) is 0 Å². The third kappa shape index (κ3) is 2.85. The summed E-state index contributed by atoms with van der Waals surface area (Å²) in [7, 11) is 1.60. The summed E-state index contributed by atoms with van der Waals surface area (Å²) in [6.07, 6.45) is 0. The average Bonchev–Trinajstić information content (AvgIpc) is 2.99. The van der Waals surface area contributed by atoms with Gasteiger partial charge in [-0.25, -0.2) is 0 Å². The van der Waals surface area contributed by atoms with Gasteiger partial charge in [0.1, 0.15) is 11.5 Å². The molecular weight excluding hydrogens is 383 g/mol. The maximum Gasteiger partial charge on any atom is 0.262 e. The summed E-state index contributed by atoms with van der Waals surface area (Å²) in [6, 6.07) is 12.6. The van der Waals surface area contributed by atoms with E-state index in [0.717, 1.165) is 14.9 Å². The first-order valence-corrected chi connectivity index (χ1v) is 7.22. The Bertz CT molecular complexity index is 786. The average molecular weight is 394 g/mol. The summed E-state index contributed by atoms with van der Waals surface area (Å²) in [5, 5.41) is 13.9. The molecule has 1 N–H and O–H groups in total. The summed E-state index contributed by atoms with van der Waals surface area (Å²) >= 11 is 2.16. The molecule has 0 aliphatic rings. The van der Waals surface area contributed by atoms with E-state index in [0.29, 0.717) is 11.4 Å². The molecule has 5 nitrogen and oxygen atoms in total. The SMILES string of the molecule is COc1cccc(-c2noc(-c3cc(I)ccc3O)n2)c1. The van der Waals surface area contributed by atoms with Gasteiger partial charge in [-0.1, -0.05) is 17.3 Å². The van der Waals surface area contributed by atoms with Crippen LogP contribution in [0.15, 0.2) is 47.0 Å². The van der Waals surface area contributed by atoms with E-state index in [1.807, 2.05) is 24.3 Å². The number of hydrogen-bond donors (Lipinski definition) is 1. The third-order valence-electron chi connectivity index (χ3n) is 2.94. The van der Waals surface area contributed by atoms with E-state index in [2.05, 4.69) is 32.7 Å². The number of phenols is 1. The first-order valence-electron chi connectivity index (χ1n) is 6.14. The van der Waals surface area contributed by atoms with Crippen molar-refractivity contribution in [3.63, 3.8) is 0 Å². The fourth-order valence-corrected chi connectivity index (χ4v) is 2.38. The van der Waals surface area contributed by atoms with Gasteiger partial charge < -0.3 is 14.4 Å². The number of nitrogens with zero attached hydrogens (tertiary/aromatic N) is 2. The van der Waals surface area contributed by atoms with Crippen molar-refractivity contribution >= 4 is 22.6 Å². The van der Waals surface area contributed by atoms with Crippen molar-refractivity contribution in [2.45, 2.75) is 0 Å². The lowest BCUT2D eigenvalue weighted by Gasteiger charge is -2.00. The molecule has 0 aliphatic carbocycles. The fourth-order valence-electron chi connectivity index (χ4n) is 1.89. The molecule has 0 fully saturated rings. The van der Waals surface area contributed by atoms with Gasteiger partial charge in [0.25, 0.3) is 5.89 Å². The Hall–Kier alpha value is -2.09. The van der Waals surface area contributed by atoms with Crippen LogP contribution in [0.1, 0.15) is 0 Å². The van der Waals surface area contributed by atoms with Crippen LogP contribution in [0.25, 0.3) is 22.8 Å². The summed E-state index contributed by atoms with van der Waals surface area (Å²) in [5.41, 5.74) is 1.30. The van der Waals surface area contributed by atoms with E-state index < -0.39 is 0 Å². The number of benzene rings is 2. The van der Waals surface area contributed by atoms with Gasteiger partial charge in [-0.2, -0.15) is 4.98 Å². The number of hydrogen-bond acceptors (Lipinski definition) is 5. The van der Waals surface area contributed by atoms with Crippen LogP contribution in [0, 0.1) is 3.57 Å². The number of aromatic nitrogens is 2. The molecule has 3 aromatic rings. The molecule has 0 spiro atoms. The van der Waals surface area contributed by atoms with Crippen molar-refractivity contribution in [2.24, 2.45) is 0 Å². The molecule has 0 saturated carbocycles. The molecule has 0 saturated heterocycles. The molecule has 21 heavy (non-hydrogen) atoms. The molecule has 0 aliphatic heterocycles. The maximum atomic E-state index is 9.90. The highest BCUT2D eigenvalue weighted by Gasteiger charge is 2.14. The minimum absolute atomic E-state index is 0.108. The van der Waals surface area contributed by atoms with Crippen LogP contribution in [-0.2, 0) is 0 Å². The van der Waals surface area contributed by atoms with Crippen LogP contribution >= 0.6 is 22.6 Å². The van der Waals surface area contributed by atoms with Crippen LogP contribution in [0.5, 0.6) is 11.5 Å². The van der Waals surface area contributed by atoms with Gasteiger partial charge in [-0.05, 0) is 52.9 Å². The molecule has 0 radical (unpaired) electrons. The molecule has 106 valence electrons. The summed E-state index contributed by atoms with van der Waals surface area (Å²) < 4.78 is 11.4. The molecule has 0 bridgehead atoms. The summed E-state index contributed by atoms with van der Waals surface area (Å²) in [4.78, 5) is 4.33. The van der Waals surface area contributed by atoms with E-state index in [1.165, 1.54) is 0 Å².